The van der Waals surface area contributed by atoms with Gasteiger partial charge in [-0.25, -0.2) is 4.98 Å². The number of H-pyrrole nitrogens is 1. The molecule has 3 heterocycles. The lowest BCUT2D eigenvalue weighted by atomic mass is 10.1. The predicted octanol–water partition coefficient (Wildman–Crippen LogP) is 1.84. The number of amides is 1. The van der Waals surface area contributed by atoms with Crippen molar-refractivity contribution in [2.75, 3.05) is 19.7 Å². The number of pyridine rings is 1. The van der Waals surface area contributed by atoms with Gasteiger partial charge in [-0.2, -0.15) is 0 Å². The molecule has 1 aliphatic rings. The van der Waals surface area contributed by atoms with Crippen LogP contribution >= 0.6 is 0 Å². The Morgan fingerprint density at radius 2 is 1.82 bits per heavy atom. The number of ether oxygens (including phenoxy) is 1. The van der Waals surface area contributed by atoms with Crippen molar-refractivity contribution < 1.29 is 9.53 Å². The van der Waals surface area contributed by atoms with Gasteiger partial charge in [0.05, 0.1) is 5.69 Å². The second-order valence-corrected chi connectivity index (χ2v) is 6.56. The Hall–Kier alpha value is -3.48. The van der Waals surface area contributed by atoms with Crippen LogP contribution in [0.4, 0.5) is 0 Å². The van der Waals surface area contributed by atoms with Gasteiger partial charge in [0, 0.05) is 43.0 Å². The summed E-state index contributed by atoms with van der Waals surface area (Å²) in [6.07, 6.45) is 4.34. The molecule has 142 valence electrons. The third-order valence-corrected chi connectivity index (χ3v) is 4.76. The highest BCUT2D eigenvalue weighted by atomic mass is 16.5. The summed E-state index contributed by atoms with van der Waals surface area (Å²) in [6, 6.07) is 12.9. The minimum Gasteiger partial charge on any atom is -0.484 e. The van der Waals surface area contributed by atoms with Crippen LogP contribution in [0.1, 0.15) is 11.3 Å². The molecule has 0 radical (unpaired) electrons. The number of aromatic amines is 1. The molecular weight excluding hydrogens is 356 g/mol. The van der Waals surface area contributed by atoms with E-state index in [1.165, 1.54) is 0 Å². The van der Waals surface area contributed by atoms with Crippen LogP contribution < -0.4 is 10.3 Å². The zero-order valence-corrected chi connectivity index (χ0v) is 15.3. The average Bonchev–Trinajstić information content (AvgIpc) is 2.96. The topological polar surface area (TPSA) is 88.2 Å². The van der Waals surface area contributed by atoms with Crippen molar-refractivity contribution in [1.82, 2.24) is 19.9 Å². The summed E-state index contributed by atoms with van der Waals surface area (Å²) >= 11 is 0. The molecule has 0 atom stereocenters. The second kappa shape index (κ2) is 8.04. The first-order valence-corrected chi connectivity index (χ1v) is 9.19. The summed E-state index contributed by atoms with van der Waals surface area (Å²) in [7, 11) is 0. The third-order valence-electron chi connectivity index (χ3n) is 4.76. The van der Waals surface area contributed by atoms with Crippen molar-refractivity contribution in [3.05, 3.63) is 76.5 Å². The molecule has 1 N–H and O–H groups in total. The summed E-state index contributed by atoms with van der Waals surface area (Å²) in [4.78, 5) is 38.3. The molecule has 28 heavy (non-hydrogen) atoms. The Morgan fingerprint density at radius 1 is 1.07 bits per heavy atom. The van der Waals surface area contributed by atoms with Gasteiger partial charge in [0.25, 0.3) is 11.5 Å². The van der Waals surface area contributed by atoms with Crippen molar-refractivity contribution >= 4 is 5.91 Å². The van der Waals surface area contributed by atoms with Crippen molar-refractivity contribution in [3.63, 3.8) is 0 Å². The molecule has 0 fully saturated rings. The molecule has 3 aromatic rings. The fraction of sp³-hybridized carbons (Fsp3) is 0.238. The molecule has 0 bridgehead atoms. The number of aromatic nitrogens is 3. The molecule has 4 rings (SSSR count). The normalized spacial score (nSPS) is 13.5. The minimum atomic E-state index is -0.147. The van der Waals surface area contributed by atoms with Crippen molar-refractivity contribution in [1.29, 1.82) is 0 Å². The largest absolute Gasteiger partial charge is 0.484 e. The van der Waals surface area contributed by atoms with Gasteiger partial charge in [-0.05, 0) is 30.7 Å². The van der Waals surface area contributed by atoms with E-state index in [4.69, 9.17) is 4.74 Å². The van der Waals surface area contributed by atoms with Crippen LogP contribution in [-0.4, -0.2) is 45.5 Å². The van der Waals surface area contributed by atoms with Crippen LogP contribution in [0.5, 0.6) is 5.75 Å². The van der Waals surface area contributed by atoms with Gasteiger partial charge < -0.3 is 14.6 Å². The molecule has 7 nitrogen and oxygen atoms in total. The van der Waals surface area contributed by atoms with E-state index < -0.39 is 0 Å². The lowest BCUT2D eigenvalue weighted by Crippen LogP contribution is -2.36. The lowest BCUT2D eigenvalue weighted by Gasteiger charge is -2.20. The number of hydrogen-bond acceptors (Lipinski definition) is 5. The van der Waals surface area contributed by atoms with Gasteiger partial charge in [0.1, 0.15) is 11.6 Å². The minimum absolute atomic E-state index is 0.0214. The molecular formula is C21H20N4O3. The number of fused-ring (bicyclic) bond motifs is 1. The van der Waals surface area contributed by atoms with Gasteiger partial charge in [0.2, 0.25) is 0 Å². The van der Waals surface area contributed by atoms with Crippen LogP contribution in [0, 0.1) is 0 Å². The number of hydrogen-bond donors (Lipinski definition) is 1. The summed E-state index contributed by atoms with van der Waals surface area (Å²) in [5.74, 6) is 1.09. The third kappa shape index (κ3) is 3.93. The maximum Gasteiger partial charge on any atom is 0.260 e. The van der Waals surface area contributed by atoms with Crippen LogP contribution in [0.2, 0.25) is 0 Å². The van der Waals surface area contributed by atoms with E-state index in [1.807, 2.05) is 30.3 Å². The molecule has 1 amide bonds. The molecule has 0 aliphatic carbocycles. The fourth-order valence-corrected chi connectivity index (χ4v) is 3.26. The van der Waals surface area contributed by atoms with E-state index in [2.05, 4.69) is 15.0 Å². The van der Waals surface area contributed by atoms with Gasteiger partial charge >= 0.3 is 0 Å². The number of nitrogens with zero attached hydrogens (tertiary/aromatic N) is 3. The highest BCUT2D eigenvalue weighted by Gasteiger charge is 2.22. The lowest BCUT2D eigenvalue weighted by molar-refractivity contribution is -0.133. The van der Waals surface area contributed by atoms with E-state index in [1.54, 1.807) is 29.4 Å². The first-order valence-electron chi connectivity index (χ1n) is 9.19. The molecule has 1 aromatic carbocycles. The summed E-state index contributed by atoms with van der Waals surface area (Å²) in [5, 5.41) is 0. The monoisotopic (exact) mass is 376 g/mol. The van der Waals surface area contributed by atoms with E-state index >= 15 is 0 Å². The summed E-state index contributed by atoms with van der Waals surface area (Å²) in [5.41, 5.74) is 2.06. The standard InChI is InChI=1S/C21H20N4O3/c26-19(14-28-16-4-2-1-3-5-16)25-12-8-17-18(9-13-25)23-20(24-21(17)27)15-6-10-22-11-7-15/h1-7,10-11H,8-9,12-14H2,(H,23,24,27). The molecule has 2 aromatic heterocycles. The highest BCUT2D eigenvalue weighted by molar-refractivity contribution is 5.78. The predicted molar refractivity (Wildman–Crippen MR) is 104 cm³/mol. The van der Waals surface area contributed by atoms with Crippen LogP contribution in [-0.2, 0) is 17.6 Å². The second-order valence-electron chi connectivity index (χ2n) is 6.56. The molecule has 7 heteroatoms. The van der Waals surface area contributed by atoms with Crippen molar-refractivity contribution in [3.8, 4) is 17.1 Å². The van der Waals surface area contributed by atoms with Gasteiger partial charge in [-0.1, -0.05) is 18.2 Å². The van der Waals surface area contributed by atoms with Gasteiger partial charge in [0.15, 0.2) is 6.61 Å². The van der Waals surface area contributed by atoms with E-state index in [0.29, 0.717) is 43.1 Å². The molecule has 1 aliphatic heterocycles. The van der Waals surface area contributed by atoms with Crippen molar-refractivity contribution in [2.45, 2.75) is 12.8 Å². The van der Waals surface area contributed by atoms with E-state index in [9.17, 15) is 9.59 Å². The molecule has 0 saturated carbocycles. The van der Waals surface area contributed by atoms with Gasteiger partial charge in [-0.3, -0.25) is 14.6 Å². The maximum atomic E-state index is 12.6. The van der Waals surface area contributed by atoms with Crippen LogP contribution in [0.3, 0.4) is 0 Å². The Kier molecular flexibility index (Phi) is 5.14. The number of para-hydroxylation sites is 1. The average molecular weight is 376 g/mol. The van der Waals surface area contributed by atoms with Crippen LogP contribution in [0.25, 0.3) is 11.4 Å². The molecule has 0 unspecified atom stereocenters. The number of rotatable bonds is 4. The zero-order valence-electron chi connectivity index (χ0n) is 15.3. The zero-order chi connectivity index (χ0) is 19.3. The Bertz CT molecular complexity index is 1020. The number of nitrogens with one attached hydrogen (secondary N) is 1. The molecule has 0 spiro atoms. The van der Waals surface area contributed by atoms with E-state index in [-0.39, 0.29) is 18.1 Å². The first-order chi connectivity index (χ1) is 13.7. The van der Waals surface area contributed by atoms with Crippen LogP contribution in [0.15, 0.2) is 59.7 Å². The number of benzene rings is 1. The molecule has 0 saturated heterocycles. The maximum absolute atomic E-state index is 12.6. The number of carbonyl (C=O) groups is 1. The highest BCUT2D eigenvalue weighted by Crippen LogP contribution is 2.17. The van der Waals surface area contributed by atoms with E-state index in [0.717, 1.165) is 11.3 Å². The van der Waals surface area contributed by atoms with Gasteiger partial charge in [-0.15, -0.1) is 0 Å². The number of carbonyl (C=O) groups excluding carboxylic acids is 1. The SMILES string of the molecule is O=C(COc1ccccc1)N1CCc2nc(-c3ccncc3)[nH]c(=O)c2CC1. The summed E-state index contributed by atoms with van der Waals surface area (Å²) in [6.45, 7) is 0.964. The smallest absolute Gasteiger partial charge is 0.260 e. The Labute approximate surface area is 162 Å². The quantitative estimate of drug-likeness (QED) is 0.751. The van der Waals surface area contributed by atoms with Crippen molar-refractivity contribution in [2.24, 2.45) is 0 Å². The Balaban J connectivity index is 1.47. The fourth-order valence-electron chi connectivity index (χ4n) is 3.26. The Morgan fingerprint density at radius 3 is 2.61 bits per heavy atom. The first kappa shape index (κ1) is 17.9. The summed E-state index contributed by atoms with van der Waals surface area (Å²) < 4.78 is 5.56.